The molecule has 0 bridgehead atoms. The zero-order valence-electron chi connectivity index (χ0n) is 15.0. The van der Waals surface area contributed by atoms with Crippen LogP contribution in [-0.4, -0.2) is 59.6 Å². The van der Waals surface area contributed by atoms with Crippen molar-refractivity contribution in [2.75, 3.05) is 43.8 Å². The lowest BCUT2D eigenvalue weighted by Crippen LogP contribution is -2.48. The van der Waals surface area contributed by atoms with Crippen LogP contribution in [0.15, 0.2) is 29.4 Å². The quantitative estimate of drug-likeness (QED) is 0.429. The van der Waals surface area contributed by atoms with Gasteiger partial charge in [-0.1, -0.05) is 13.0 Å². The Hall–Kier alpha value is -1.43. The lowest BCUT2D eigenvalue weighted by atomic mass is 10.3. The Morgan fingerprint density at radius 2 is 2.29 bits per heavy atom. The van der Waals surface area contributed by atoms with Crippen LogP contribution in [0.25, 0.3) is 0 Å². The number of nitrogens with one attached hydrogen (secondary N) is 2. The molecule has 0 radical (unpaired) electrons. The van der Waals surface area contributed by atoms with Crippen molar-refractivity contribution in [1.29, 1.82) is 0 Å². The fourth-order valence-electron chi connectivity index (χ4n) is 2.69. The van der Waals surface area contributed by atoms with Gasteiger partial charge < -0.3 is 15.5 Å². The summed E-state index contributed by atoms with van der Waals surface area (Å²) in [6.07, 6.45) is 5.25. The smallest absolute Gasteiger partial charge is 0.193 e. The van der Waals surface area contributed by atoms with Crippen molar-refractivity contribution < 1.29 is 0 Å². The minimum Gasteiger partial charge on any atom is -0.370 e. The maximum Gasteiger partial charge on any atom is 0.193 e. The minimum absolute atomic E-state index is 0.741. The predicted molar refractivity (Wildman–Crippen MR) is 106 cm³/mol. The molecule has 1 saturated heterocycles. The summed E-state index contributed by atoms with van der Waals surface area (Å²) in [5, 5.41) is 7.54. The fraction of sp³-hybridized carbons (Fsp3) is 0.667. The number of aliphatic imine (C=N–C) groups is 1. The van der Waals surface area contributed by atoms with Gasteiger partial charge in [0.2, 0.25) is 0 Å². The molecular weight excluding hydrogens is 318 g/mol. The third-order valence-electron chi connectivity index (χ3n) is 4.05. The largest absolute Gasteiger partial charge is 0.370 e. The molecule has 2 heterocycles. The Bertz CT molecular complexity index is 480. The van der Waals surface area contributed by atoms with Crippen molar-refractivity contribution in [1.82, 2.24) is 15.2 Å². The summed E-state index contributed by atoms with van der Waals surface area (Å²) >= 11 is 2.10. The average molecular weight is 350 g/mol. The van der Waals surface area contributed by atoms with Gasteiger partial charge >= 0.3 is 0 Å². The molecule has 0 aromatic carbocycles. The first-order valence-electron chi connectivity index (χ1n) is 9.13. The zero-order valence-corrected chi connectivity index (χ0v) is 15.8. The molecule has 0 aliphatic carbocycles. The van der Waals surface area contributed by atoms with Crippen LogP contribution in [0.5, 0.6) is 0 Å². The van der Waals surface area contributed by atoms with E-state index < -0.39 is 0 Å². The van der Waals surface area contributed by atoms with Crippen LogP contribution in [0, 0.1) is 0 Å². The van der Waals surface area contributed by atoms with Gasteiger partial charge in [0.25, 0.3) is 0 Å². The summed E-state index contributed by atoms with van der Waals surface area (Å²) in [7, 11) is 0. The lowest BCUT2D eigenvalue weighted by molar-refractivity contribution is 0.408. The minimum atomic E-state index is 0.741. The van der Waals surface area contributed by atoms with Crippen LogP contribution in [0.4, 0.5) is 5.82 Å². The summed E-state index contributed by atoms with van der Waals surface area (Å²) in [5.41, 5.74) is 0. The maximum absolute atomic E-state index is 4.83. The molecule has 1 atom stereocenters. The topological polar surface area (TPSA) is 52.6 Å². The fourth-order valence-corrected chi connectivity index (χ4v) is 3.87. The molecule has 6 heteroatoms. The summed E-state index contributed by atoms with van der Waals surface area (Å²) in [4.78, 5) is 11.5. The standard InChI is InChI=1S/C18H31N5S/c1-3-16-15-23(13-14-24-16)18(19-4-2)22-12-8-7-11-21-17-9-5-6-10-20-17/h5-6,9-10,16H,3-4,7-8,11-15H2,1-2H3,(H,19,22)(H,20,21). The normalized spacial score (nSPS) is 18.5. The third kappa shape index (κ3) is 6.59. The van der Waals surface area contributed by atoms with Crippen LogP contribution in [0.1, 0.15) is 33.1 Å². The molecule has 134 valence electrons. The van der Waals surface area contributed by atoms with E-state index in [4.69, 9.17) is 4.99 Å². The first-order chi connectivity index (χ1) is 11.8. The summed E-state index contributed by atoms with van der Waals surface area (Å²) in [6, 6.07) is 5.94. The number of nitrogens with zero attached hydrogens (tertiary/aromatic N) is 3. The van der Waals surface area contributed by atoms with E-state index in [9.17, 15) is 0 Å². The van der Waals surface area contributed by atoms with Gasteiger partial charge in [-0.05, 0) is 38.3 Å². The Labute approximate surface area is 150 Å². The first kappa shape index (κ1) is 18.9. The van der Waals surface area contributed by atoms with E-state index in [1.807, 2.05) is 24.4 Å². The van der Waals surface area contributed by atoms with Gasteiger partial charge in [0.05, 0.1) is 0 Å². The Balaban J connectivity index is 1.70. The summed E-state index contributed by atoms with van der Waals surface area (Å²) in [5.74, 6) is 3.25. The molecule has 0 amide bonds. The number of unbranched alkanes of at least 4 members (excludes halogenated alkanes) is 1. The summed E-state index contributed by atoms with van der Waals surface area (Å²) in [6.45, 7) is 9.40. The lowest BCUT2D eigenvalue weighted by Gasteiger charge is -2.34. The van der Waals surface area contributed by atoms with E-state index in [1.54, 1.807) is 0 Å². The monoisotopic (exact) mass is 349 g/mol. The van der Waals surface area contributed by atoms with Crippen LogP contribution in [0.3, 0.4) is 0 Å². The van der Waals surface area contributed by atoms with E-state index in [0.29, 0.717) is 0 Å². The predicted octanol–water partition coefficient (Wildman–Crippen LogP) is 3.07. The van der Waals surface area contributed by atoms with Gasteiger partial charge in [0, 0.05) is 49.9 Å². The number of guanidine groups is 1. The number of hydrogen-bond acceptors (Lipinski definition) is 4. The van der Waals surface area contributed by atoms with E-state index in [-0.39, 0.29) is 0 Å². The highest BCUT2D eigenvalue weighted by Crippen LogP contribution is 2.21. The van der Waals surface area contributed by atoms with Crippen LogP contribution in [0.2, 0.25) is 0 Å². The Morgan fingerprint density at radius 3 is 3.04 bits per heavy atom. The van der Waals surface area contributed by atoms with Gasteiger partial charge in [0.15, 0.2) is 5.96 Å². The molecule has 0 spiro atoms. The highest BCUT2D eigenvalue weighted by Gasteiger charge is 2.21. The number of anilines is 1. The van der Waals surface area contributed by atoms with E-state index in [2.05, 4.69) is 46.1 Å². The van der Waals surface area contributed by atoms with Crippen molar-refractivity contribution >= 4 is 23.5 Å². The molecule has 2 rings (SSSR count). The second-order valence-corrected chi connectivity index (χ2v) is 7.34. The van der Waals surface area contributed by atoms with Crippen molar-refractivity contribution in [2.24, 2.45) is 4.99 Å². The number of thioether (sulfide) groups is 1. The molecule has 1 unspecified atom stereocenters. The molecule has 24 heavy (non-hydrogen) atoms. The number of pyridine rings is 1. The van der Waals surface area contributed by atoms with Crippen LogP contribution >= 0.6 is 11.8 Å². The molecule has 1 aliphatic rings. The van der Waals surface area contributed by atoms with E-state index >= 15 is 0 Å². The molecule has 2 N–H and O–H groups in total. The van der Waals surface area contributed by atoms with Crippen LogP contribution in [-0.2, 0) is 0 Å². The Morgan fingerprint density at radius 1 is 1.38 bits per heavy atom. The van der Waals surface area contributed by atoms with Gasteiger partial charge in [-0.3, -0.25) is 4.99 Å². The van der Waals surface area contributed by atoms with Gasteiger partial charge in [-0.2, -0.15) is 11.8 Å². The Kier molecular flexibility index (Phi) is 8.81. The number of hydrogen-bond donors (Lipinski definition) is 2. The summed E-state index contributed by atoms with van der Waals surface area (Å²) < 4.78 is 0. The van der Waals surface area contributed by atoms with Gasteiger partial charge in [0.1, 0.15) is 5.82 Å². The van der Waals surface area contributed by atoms with Crippen molar-refractivity contribution in [3.63, 3.8) is 0 Å². The van der Waals surface area contributed by atoms with Crippen molar-refractivity contribution in [2.45, 2.75) is 38.4 Å². The molecule has 5 nitrogen and oxygen atoms in total. The van der Waals surface area contributed by atoms with Gasteiger partial charge in [-0.15, -0.1) is 0 Å². The number of rotatable bonds is 8. The second kappa shape index (κ2) is 11.2. The van der Waals surface area contributed by atoms with E-state index in [0.717, 1.165) is 62.6 Å². The van der Waals surface area contributed by atoms with Crippen molar-refractivity contribution in [3.8, 4) is 0 Å². The maximum atomic E-state index is 4.83. The molecule has 0 saturated carbocycles. The first-order valence-corrected chi connectivity index (χ1v) is 10.2. The zero-order chi connectivity index (χ0) is 17.0. The molecule has 1 fully saturated rings. The second-order valence-electron chi connectivity index (χ2n) is 5.93. The van der Waals surface area contributed by atoms with Crippen molar-refractivity contribution in [3.05, 3.63) is 24.4 Å². The molecule has 1 aromatic rings. The third-order valence-corrected chi connectivity index (χ3v) is 5.42. The number of aromatic nitrogens is 1. The highest BCUT2D eigenvalue weighted by atomic mass is 32.2. The van der Waals surface area contributed by atoms with Crippen LogP contribution < -0.4 is 10.6 Å². The average Bonchev–Trinajstić information content (AvgIpc) is 2.64. The molecule has 1 aliphatic heterocycles. The highest BCUT2D eigenvalue weighted by molar-refractivity contribution is 8.00. The van der Waals surface area contributed by atoms with E-state index in [1.165, 1.54) is 12.2 Å². The van der Waals surface area contributed by atoms with Gasteiger partial charge in [-0.25, -0.2) is 4.98 Å². The SMILES string of the molecule is CCNC(=NCCCCNc1ccccn1)N1CCSC(CC)C1. The molecule has 1 aromatic heterocycles. The molecular formula is C18H31N5S.